The molecule has 188 valence electrons. The Bertz CT molecular complexity index is 1260. The van der Waals surface area contributed by atoms with Gasteiger partial charge in [-0.15, -0.1) is 0 Å². The summed E-state index contributed by atoms with van der Waals surface area (Å²) in [5, 5.41) is 11.3. The first-order valence-electron chi connectivity index (χ1n) is 11.1. The van der Waals surface area contributed by atoms with Crippen LogP contribution in [0.1, 0.15) is 28.0 Å². The molecule has 1 unspecified atom stereocenters. The quantitative estimate of drug-likeness (QED) is 0.440. The summed E-state index contributed by atoms with van der Waals surface area (Å²) in [5.74, 6) is 0.0200. The number of benzene rings is 2. The fraction of sp³-hybridized carbons (Fsp3) is 0.240. The van der Waals surface area contributed by atoms with Gasteiger partial charge in [-0.05, 0) is 61.0 Å². The number of carboxylic acid groups (broad SMARTS) is 1. The normalized spacial score (nSPS) is 16.0. The van der Waals surface area contributed by atoms with Crippen LogP contribution in [-0.2, 0) is 12.7 Å². The van der Waals surface area contributed by atoms with Crippen molar-refractivity contribution in [3.8, 4) is 22.8 Å². The molecule has 1 aromatic heterocycles. The van der Waals surface area contributed by atoms with Crippen LogP contribution in [0.4, 0.5) is 18.0 Å². The number of nitrogens with one attached hydrogen (secondary N) is 1. The van der Waals surface area contributed by atoms with Gasteiger partial charge in [0.25, 0.3) is 5.91 Å². The van der Waals surface area contributed by atoms with E-state index in [0.29, 0.717) is 42.1 Å². The lowest BCUT2D eigenvalue weighted by atomic mass is 10.1. The molecule has 8 nitrogen and oxygen atoms in total. The van der Waals surface area contributed by atoms with E-state index in [2.05, 4.69) is 10.3 Å². The SMILES string of the molecule is NC(=O)c1cccc(-c2ccc(Oc3ccc(C(F)(F)F)cc3CN3CCC(NC(=O)O)C3)cc2)n1. The maximum atomic E-state index is 13.4. The zero-order valence-corrected chi connectivity index (χ0v) is 19.0. The number of nitrogens with two attached hydrogens (primary N) is 1. The number of hydrogen-bond acceptors (Lipinski definition) is 5. The molecule has 1 aliphatic heterocycles. The zero-order chi connectivity index (χ0) is 25.9. The number of carbonyl (C=O) groups is 2. The minimum atomic E-state index is -4.51. The second-order valence-electron chi connectivity index (χ2n) is 8.39. The highest BCUT2D eigenvalue weighted by Crippen LogP contribution is 2.35. The number of carbonyl (C=O) groups excluding carboxylic acids is 1. The number of primary amides is 1. The van der Waals surface area contributed by atoms with E-state index < -0.39 is 23.7 Å². The third-order valence-corrected chi connectivity index (χ3v) is 5.76. The molecule has 2 heterocycles. The number of pyridine rings is 1. The van der Waals surface area contributed by atoms with Crippen molar-refractivity contribution in [3.63, 3.8) is 0 Å². The Hall–Kier alpha value is -4.12. The molecule has 0 bridgehead atoms. The number of ether oxygens (including phenoxy) is 1. The van der Waals surface area contributed by atoms with Gasteiger partial charge in [-0.25, -0.2) is 9.78 Å². The van der Waals surface area contributed by atoms with E-state index in [1.807, 2.05) is 4.90 Å². The number of alkyl halides is 3. The Labute approximate surface area is 204 Å². The number of amides is 2. The summed E-state index contributed by atoms with van der Waals surface area (Å²) in [6.45, 7) is 1.08. The van der Waals surface area contributed by atoms with Crippen molar-refractivity contribution >= 4 is 12.0 Å². The molecule has 4 rings (SSSR count). The predicted octanol–water partition coefficient (Wildman–Crippen LogP) is 4.50. The van der Waals surface area contributed by atoms with Crippen LogP contribution in [0.3, 0.4) is 0 Å². The number of rotatable bonds is 7. The second kappa shape index (κ2) is 10.2. The van der Waals surface area contributed by atoms with Crippen molar-refractivity contribution in [2.24, 2.45) is 5.73 Å². The average molecular weight is 500 g/mol. The molecular weight excluding hydrogens is 477 g/mol. The van der Waals surface area contributed by atoms with Crippen LogP contribution in [-0.4, -0.2) is 46.1 Å². The van der Waals surface area contributed by atoms with Crippen molar-refractivity contribution in [1.82, 2.24) is 15.2 Å². The average Bonchev–Trinajstić information content (AvgIpc) is 3.26. The molecule has 0 spiro atoms. The van der Waals surface area contributed by atoms with E-state index in [9.17, 15) is 22.8 Å². The van der Waals surface area contributed by atoms with Crippen LogP contribution in [0, 0.1) is 0 Å². The summed E-state index contributed by atoms with van der Waals surface area (Å²) in [4.78, 5) is 28.4. The van der Waals surface area contributed by atoms with E-state index in [1.165, 1.54) is 12.1 Å². The Morgan fingerprint density at radius 2 is 1.89 bits per heavy atom. The lowest BCUT2D eigenvalue weighted by molar-refractivity contribution is -0.137. The van der Waals surface area contributed by atoms with E-state index in [-0.39, 0.29) is 24.0 Å². The first-order chi connectivity index (χ1) is 17.1. The molecule has 36 heavy (non-hydrogen) atoms. The molecule has 4 N–H and O–H groups in total. The summed E-state index contributed by atoms with van der Waals surface area (Å²) >= 11 is 0. The van der Waals surface area contributed by atoms with Gasteiger partial charge < -0.3 is 20.9 Å². The molecule has 0 radical (unpaired) electrons. The number of nitrogens with zero attached hydrogens (tertiary/aromatic N) is 2. The van der Waals surface area contributed by atoms with E-state index >= 15 is 0 Å². The Morgan fingerprint density at radius 1 is 1.14 bits per heavy atom. The Morgan fingerprint density at radius 3 is 2.56 bits per heavy atom. The number of hydrogen-bond donors (Lipinski definition) is 3. The highest BCUT2D eigenvalue weighted by atomic mass is 19.4. The lowest BCUT2D eigenvalue weighted by Crippen LogP contribution is -2.35. The molecule has 11 heteroatoms. The fourth-order valence-corrected chi connectivity index (χ4v) is 4.04. The van der Waals surface area contributed by atoms with Gasteiger partial charge in [-0.2, -0.15) is 13.2 Å². The van der Waals surface area contributed by atoms with E-state index in [0.717, 1.165) is 12.1 Å². The molecule has 0 aliphatic carbocycles. The molecule has 1 aliphatic rings. The first kappa shape index (κ1) is 25.0. The van der Waals surface area contributed by atoms with Crippen molar-refractivity contribution in [1.29, 1.82) is 0 Å². The second-order valence-corrected chi connectivity index (χ2v) is 8.39. The van der Waals surface area contributed by atoms with E-state index in [1.54, 1.807) is 36.4 Å². The summed E-state index contributed by atoms with van der Waals surface area (Å²) in [7, 11) is 0. The summed E-state index contributed by atoms with van der Waals surface area (Å²) in [6, 6.07) is 14.6. The van der Waals surface area contributed by atoms with Crippen molar-refractivity contribution < 1.29 is 32.6 Å². The lowest BCUT2D eigenvalue weighted by Gasteiger charge is -2.20. The van der Waals surface area contributed by atoms with Crippen molar-refractivity contribution in [2.45, 2.75) is 25.2 Å². The monoisotopic (exact) mass is 500 g/mol. The van der Waals surface area contributed by atoms with Gasteiger partial charge in [0.2, 0.25) is 0 Å². The van der Waals surface area contributed by atoms with Gasteiger partial charge in [0.1, 0.15) is 17.2 Å². The van der Waals surface area contributed by atoms with Crippen molar-refractivity contribution in [3.05, 3.63) is 77.5 Å². The van der Waals surface area contributed by atoms with Crippen LogP contribution in [0.2, 0.25) is 0 Å². The largest absolute Gasteiger partial charge is 0.465 e. The van der Waals surface area contributed by atoms with Crippen LogP contribution < -0.4 is 15.8 Å². The standard InChI is InChI=1S/C25H23F3N4O4/c26-25(27,28)17-6-9-22(16(12-17)13-32-11-10-18(14-32)30-24(34)35)36-19-7-4-15(5-8-19)20-2-1-3-21(31-20)23(29)33/h1-9,12,18,30H,10-11,13-14H2,(H2,29,33)(H,34,35). The van der Waals surface area contributed by atoms with Gasteiger partial charge >= 0.3 is 12.3 Å². The van der Waals surface area contributed by atoms with Crippen LogP contribution in [0.25, 0.3) is 11.3 Å². The summed E-state index contributed by atoms with van der Waals surface area (Å²) < 4.78 is 46.0. The van der Waals surface area contributed by atoms with Crippen molar-refractivity contribution in [2.75, 3.05) is 13.1 Å². The van der Waals surface area contributed by atoms with Gasteiger partial charge in [-0.3, -0.25) is 9.69 Å². The molecular formula is C25H23F3N4O4. The maximum Gasteiger partial charge on any atom is 0.416 e. The van der Waals surface area contributed by atoms with Gasteiger partial charge in [-0.1, -0.05) is 6.07 Å². The molecule has 2 aromatic carbocycles. The summed E-state index contributed by atoms with van der Waals surface area (Å²) in [6.07, 6.45) is -5.09. The number of aromatic nitrogens is 1. The van der Waals surface area contributed by atoms with Crippen LogP contribution in [0.15, 0.2) is 60.7 Å². The molecule has 1 atom stereocenters. The van der Waals surface area contributed by atoms with Crippen LogP contribution in [0.5, 0.6) is 11.5 Å². The van der Waals surface area contributed by atoms with E-state index in [4.69, 9.17) is 15.6 Å². The Balaban J connectivity index is 1.54. The minimum Gasteiger partial charge on any atom is -0.465 e. The molecule has 3 aromatic rings. The first-order valence-corrected chi connectivity index (χ1v) is 11.1. The van der Waals surface area contributed by atoms with Crippen LogP contribution >= 0.6 is 0 Å². The predicted molar refractivity (Wildman–Crippen MR) is 125 cm³/mol. The summed E-state index contributed by atoms with van der Waals surface area (Å²) in [5.41, 5.74) is 6.19. The maximum absolute atomic E-state index is 13.4. The third kappa shape index (κ3) is 6.11. The molecule has 0 saturated carbocycles. The Kier molecular flexibility index (Phi) is 7.11. The molecule has 2 amide bonds. The van der Waals surface area contributed by atoms with Gasteiger partial charge in [0.05, 0.1) is 11.3 Å². The number of halogens is 3. The fourth-order valence-electron chi connectivity index (χ4n) is 4.04. The zero-order valence-electron chi connectivity index (χ0n) is 19.0. The van der Waals surface area contributed by atoms with Gasteiger partial charge in [0, 0.05) is 36.8 Å². The molecule has 1 fully saturated rings. The highest BCUT2D eigenvalue weighted by Gasteiger charge is 2.32. The van der Waals surface area contributed by atoms with Gasteiger partial charge in [0.15, 0.2) is 0 Å². The number of likely N-dealkylation sites (tertiary alicyclic amines) is 1. The molecule has 1 saturated heterocycles. The highest BCUT2D eigenvalue weighted by molar-refractivity contribution is 5.91. The minimum absolute atomic E-state index is 0.130. The topological polar surface area (TPSA) is 118 Å². The smallest absolute Gasteiger partial charge is 0.416 e. The third-order valence-electron chi connectivity index (χ3n) is 5.76.